The second kappa shape index (κ2) is 11.2. The van der Waals surface area contributed by atoms with E-state index in [1.165, 1.54) is 24.8 Å². The third-order valence-electron chi connectivity index (χ3n) is 4.80. The lowest BCUT2D eigenvalue weighted by molar-refractivity contribution is 0.0952. The lowest BCUT2D eigenvalue weighted by atomic mass is 10.0. The Balaban J connectivity index is 2.12. The second-order valence-corrected chi connectivity index (χ2v) is 7.49. The highest BCUT2D eigenvalue weighted by atomic mass is 16.2. The van der Waals surface area contributed by atoms with Crippen molar-refractivity contribution < 1.29 is 9.59 Å². The van der Waals surface area contributed by atoms with Crippen molar-refractivity contribution in [1.82, 2.24) is 5.32 Å². The van der Waals surface area contributed by atoms with Crippen molar-refractivity contribution in [3.63, 3.8) is 0 Å². The molecule has 0 atom stereocenters. The Hall–Kier alpha value is -2.82. The van der Waals surface area contributed by atoms with E-state index in [-0.39, 0.29) is 11.8 Å². The minimum atomic E-state index is -0.178. The third kappa shape index (κ3) is 6.63. The molecular weight excluding hydrogens is 362 g/mol. The highest BCUT2D eigenvalue weighted by Crippen LogP contribution is 2.23. The van der Waals surface area contributed by atoms with Gasteiger partial charge in [0.15, 0.2) is 0 Å². The van der Waals surface area contributed by atoms with E-state index in [1.54, 1.807) is 6.07 Å². The molecule has 0 spiro atoms. The van der Waals surface area contributed by atoms with Crippen molar-refractivity contribution >= 4 is 23.2 Å². The molecule has 29 heavy (non-hydrogen) atoms. The number of anilines is 2. The molecule has 0 aromatic heterocycles. The lowest BCUT2D eigenvalue weighted by Gasteiger charge is -2.18. The molecule has 0 radical (unpaired) electrons. The first-order chi connectivity index (χ1) is 14.0. The number of rotatable bonds is 10. The molecular formula is C24H33N3O2. The first-order valence-corrected chi connectivity index (χ1v) is 10.5. The molecule has 2 N–H and O–H groups in total. The van der Waals surface area contributed by atoms with Crippen LogP contribution in [0.25, 0.3) is 0 Å². The fraction of sp³-hybridized carbons (Fsp3) is 0.417. The molecule has 0 saturated heterocycles. The van der Waals surface area contributed by atoms with Crippen LogP contribution < -0.4 is 15.5 Å². The predicted molar refractivity (Wildman–Crippen MR) is 121 cm³/mol. The molecule has 0 bridgehead atoms. The maximum atomic E-state index is 12.6. The van der Waals surface area contributed by atoms with Crippen LogP contribution in [0.5, 0.6) is 0 Å². The lowest BCUT2D eigenvalue weighted by Crippen LogP contribution is -2.26. The summed E-state index contributed by atoms with van der Waals surface area (Å²) < 4.78 is 0. The normalized spacial score (nSPS) is 10.5. The second-order valence-electron chi connectivity index (χ2n) is 7.49. The molecule has 5 heteroatoms. The van der Waals surface area contributed by atoms with E-state index in [2.05, 4.69) is 17.6 Å². The molecule has 2 rings (SSSR count). The minimum Gasteiger partial charge on any atom is -0.377 e. The predicted octanol–water partition coefficient (Wildman–Crippen LogP) is 4.88. The van der Waals surface area contributed by atoms with Crippen LogP contribution in [-0.2, 0) is 6.42 Å². The van der Waals surface area contributed by atoms with Crippen LogP contribution >= 0.6 is 0 Å². The Morgan fingerprint density at radius 2 is 1.62 bits per heavy atom. The van der Waals surface area contributed by atoms with Crippen LogP contribution in [0, 0.1) is 0 Å². The zero-order chi connectivity index (χ0) is 21.2. The highest BCUT2D eigenvalue weighted by molar-refractivity contribution is 6.06. The van der Waals surface area contributed by atoms with Gasteiger partial charge < -0.3 is 15.5 Å². The van der Waals surface area contributed by atoms with E-state index in [0.29, 0.717) is 23.4 Å². The van der Waals surface area contributed by atoms with E-state index in [1.807, 2.05) is 62.3 Å². The number of hydrogen-bond acceptors (Lipinski definition) is 3. The van der Waals surface area contributed by atoms with Crippen LogP contribution in [0.15, 0.2) is 42.5 Å². The number of benzene rings is 2. The van der Waals surface area contributed by atoms with Crippen molar-refractivity contribution in [3.05, 3.63) is 59.2 Å². The third-order valence-corrected chi connectivity index (χ3v) is 4.80. The maximum Gasteiger partial charge on any atom is 0.255 e. The molecule has 2 aromatic carbocycles. The van der Waals surface area contributed by atoms with Crippen molar-refractivity contribution in [2.45, 2.75) is 46.0 Å². The average molecular weight is 396 g/mol. The Morgan fingerprint density at radius 1 is 0.897 bits per heavy atom. The van der Waals surface area contributed by atoms with E-state index >= 15 is 0 Å². The van der Waals surface area contributed by atoms with Gasteiger partial charge in [0, 0.05) is 37.6 Å². The van der Waals surface area contributed by atoms with E-state index in [0.717, 1.165) is 18.5 Å². The number of amides is 2. The van der Waals surface area contributed by atoms with Crippen LogP contribution in [-0.4, -0.2) is 32.5 Å². The first-order valence-electron chi connectivity index (χ1n) is 10.5. The number of carbonyl (C=O) groups is 2. The molecule has 0 saturated carbocycles. The Bertz CT molecular complexity index is 813. The molecule has 2 aromatic rings. The summed E-state index contributed by atoms with van der Waals surface area (Å²) in [4.78, 5) is 27.1. The van der Waals surface area contributed by atoms with Crippen molar-refractivity contribution in [3.8, 4) is 0 Å². The van der Waals surface area contributed by atoms with Crippen LogP contribution in [0.3, 0.4) is 0 Å². The van der Waals surface area contributed by atoms with Gasteiger partial charge in [0.2, 0.25) is 0 Å². The maximum absolute atomic E-state index is 12.6. The molecule has 0 aliphatic rings. The summed E-state index contributed by atoms with van der Waals surface area (Å²) in [6, 6.07) is 13.2. The number of aryl methyl sites for hydroxylation is 1. The van der Waals surface area contributed by atoms with Gasteiger partial charge in [-0.15, -0.1) is 0 Å². The summed E-state index contributed by atoms with van der Waals surface area (Å²) in [7, 11) is 3.79. The van der Waals surface area contributed by atoms with Crippen molar-refractivity contribution in [1.29, 1.82) is 0 Å². The summed E-state index contributed by atoms with van der Waals surface area (Å²) in [5.41, 5.74) is 3.83. The molecule has 0 unspecified atom stereocenters. The number of nitrogens with one attached hydrogen (secondary N) is 2. The molecule has 5 nitrogen and oxygen atoms in total. The Morgan fingerprint density at radius 3 is 2.24 bits per heavy atom. The van der Waals surface area contributed by atoms with Gasteiger partial charge in [-0.05, 0) is 55.2 Å². The molecule has 0 heterocycles. The molecule has 0 aliphatic carbocycles. The molecule has 0 fully saturated rings. The van der Waals surface area contributed by atoms with Crippen LogP contribution in [0.4, 0.5) is 11.4 Å². The topological polar surface area (TPSA) is 61.4 Å². The Labute approximate surface area is 174 Å². The van der Waals surface area contributed by atoms with Gasteiger partial charge in [-0.3, -0.25) is 9.59 Å². The van der Waals surface area contributed by atoms with Gasteiger partial charge in [-0.2, -0.15) is 0 Å². The summed E-state index contributed by atoms with van der Waals surface area (Å²) in [6.45, 7) is 4.82. The van der Waals surface area contributed by atoms with E-state index < -0.39 is 0 Å². The van der Waals surface area contributed by atoms with Crippen molar-refractivity contribution in [2.75, 3.05) is 30.9 Å². The summed E-state index contributed by atoms with van der Waals surface area (Å²) in [5.74, 6) is -0.314. The number of unbranched alkanes of at least 4 members (excludes halogenated alkanes) is 2. The molecule has 2 amide bonds. The minimum absolute atomic E-state index is 0.136. The first kappa shape index (κ1) is 22.5. The van der Waals surface area contributed by atoms with Gasteiger partial charge >= 0.3 is 0 Å². The molecule has 156 valence electrons. The van der Waals surface area contributed by atoms with Gasteiger partial charge in [-0.25, -0.2) is 0 Å². The van der Waals surface area contributed by atoms with Crippen LogP contribution in [0.1, 0.15) is 65.8 Å². The molecule has 0 aliphatic heterocycles. The smallest absolute Gasteiger partial charge is 0.255 e. The van der Waals surface area contributed by atoms with Gasteiger partial charge in [0.05, 0.1) is 5.56 Å². The zero-order valence-corrected chi connectivity index (χ0v) is 18.0. The fourth-order valence-corrected chi connectivity index (χ4v) is 3.12. The zero-order valence-electron chi connectivity index (χ0n) is 18.0. The van der Waals surface area contributed by atoms with E-state index in [9.17, 15) is 9.59 Å². The Kier molecular flexibility index (Phi) is 8.71. The van der Waals surface area contributed by atoms with Gasteiger partial charge in [0.1, 0.15) is 0 Å². The number of nitrogens with zero attached hydrogens (tertiary/aromatic N) is 1. The SMILES string of the molecule is CCCCCc1ccc(C(=O)Nc2ccc(N(C)C)c(C(=O)NCCC)c2)cc1. The quantitative estimate of drug-likeness (QED) is 0.564. The highest BCUT2D eigenvalue weighted by Gasteiger charge is 2.15. The standard InChI is InChI=1S/C24H33N3O2/c1-5-7-8-9-18-10-12-19(13-11-18)23(28)26-20-14-15-22(27(3)4)21(17-20)24(29)25-16-6-2/h10-15,17H,5-9,16H2,1-4H3,(H,25,29)(H,26,28). The fourth-order valence-electron chi connectivity index (χ4n) is 3.12. The number of carbonyl (C=O) groups excluding carboxylic acids is 2. The summed E-state index contributed by atoms with van der Waals surface area (Å²) in [6.07, 6.45) is 5.50. The monoisotopic (exact) mass is 395 g/mol. The van der Waals surface area contributed by atoms with Crippen LogP contribution in [0.2, 0.25) is 0 Å². The van der Waals surface area contributed by atoms with E-state index in [4.69, 9.17) is 0 Å². The van der Waals surface area contributed by atoms with Gasteiger partial charge in [0.25, 0.3) is 11.8 Å². The van der Waals surface area contributed by atoms with Gasteiger partial charge in [-0.1, -0.05) is 38.8 Å². The summed E-state index contributed by atoms with van der Waals surface area (Å²) >= 11 is 0. The largest absolute Gasteiger partial charge is 0.377 e. The average Bonchev–Trinajstić information content (AvgIpc) is 2.72. The van der Waals surface area contributed by atoms with Crippen molar-refractivity contribution in [2.24, 2.45) is 0 Å². The number of hydrogen-bond donors (Lipinski definition) is 2. The summed E-state index contributed by atoms with van der Waals surface area (Å²) in [5, 5.41) is 5.81.